The minimum absolute atomic E-state index is 0.0317. The number of benzene rings is 2. The number of aryl methyl sites for hydroxylation is 1. The first kappa shape index (κ1) is 22.0. The maximum absolute atomic E-state index is 13.0. The van der Waals surface area contributed by atoms with Crippen molar-refractivity contribution in [2.45, 2.75) is 13.1 Å². The minimum atomic E-state index is -4.62. The van der Waals surface area contributed by atoms with E-state index in [0.717, 1.165) is 17.8 Å². The lowest BCUT2D eigenvalue weighted by molar-refractivity contribution is -0.137. The molecular formula is C21H16ClF3N4O2S. The Morgan fingerprint density at radius 1 is 1.19 bits per heavy atom. The van der Waals surface area contributed by atoms with Crippen LogP contribution in [0.3, 0.4) is 0 Å². The summed E-state index contributed by atoms with van der Waals surface area (Å²) in [5, 5.41) is 4.56. The molecule has 0 bridgehead atoms. The van der Waals surface area contributed by atoms with Crippen molar-refractivity contribution >= 4 is 41.1 Å². The summed E-state index contributed by atoms with van der Waals surface area (Å²) in [5.41, 5.74) is 1.10. The third kappa shape index (κ3) is 4.97. The van der Waals surface area contributed by atoms with Gasteiger partial charge in [-0.1, -0.05) is 11.6 Å². The van der Waals surface area contributed by atoms with Crippen molar-refractivity contribution in [2.24, 2.45) is 0 Å². The van der Waals surface area contributed by atoms with Gasteiger partial charge in [-0.3, -0.25) is 4.31 Å². The number of urea groups is 1. The third-order valence-corrected chi connectivity index (χ3v) is 5.57. The van der Waals surface area contributed by atoms with Gasteiger partial charge in [-0.25, -0.2) is 4.79 Å². The van der Waals surface area contributed by atoms with Crippen molar-refractivity contribution in [1.82, 2.24) is 9.03 Å². The lowest BCUT2D eigenvalue weighted by atomic mass is 10.2. The molecule has 2 aromatic carbocycles. The van der Waals surface area contributed by atoms with Gasteiger partial charge in [0.1, 0.15) is 11.5 Å². The van der Waals surface area contributed by atoms with Gasteiger partial charge >= 0.3 is 12.2 Å². The Balaban J connectivity index is 1.41. The molecule has 6 nitrogen and oxygen atoms in total. The number of hydrogen-bond acceptors (Lipinski definition) is 5. The molecule has 11 heteroatoms. The third-order valence-electron chi connectivity index (χ3n) is 4.49. The molecule has 0 unspecified atom stereocenters. The Kier molecular flexibility index (Phi) is 5.98. The smallest absolute Gasteiger partial charge is 0.417 e. The Morgan fingerprint density at radius 2 is 2.00 bits per heavy atom. The first-order valence-corrected chi connectivity index (χ1v) is 10.4. The summed E-state index contributed by atoms with van der Waals surface area (Å²) >= 11 is 7.04. The fourth-order valence-electron chi connectivity index (χ4n) is 2.96. The highest BCUT2D eigenvalue weighted by Crippen LogP contribution is 2.36. The predicted molar refractivity (Wildman–Crippen MR) is 119 cm³/mol. The van der Waals surface area contributed by atoms with E-state index in [1.807, 2.05) is 28.9 Å². The molecule has 32 heavy (non-hydrogen) atoms. The van der Waals surface area contributed by atoms with Crippen LogP contribution < -0.4 is 20.1 Å². The van der Waals surface area contributed by atoms with Crippen LogP contribution in [0.15, 0.2) is 72.4 Å². The predicted octanol–water partition coefficient (Wildman–Crippen LogP) is 6.41. The molecule has 0 spiro atoms. The number of alkyl halides is 3. The van der Waals surface area contributed by atoms with Gasteiger partial charge in [-0.15, -0.1) is 0 Å². The second-order valence-corrected chi connectivity index (χ2v) is 8.04. The van der Waals surface area contributed by atoms with Crippen LogP contribution in [0.1, 0.15) is 11.1 Å². The Bertz CT molecular complexity index is 1160. The van der Waals surface area contributed by atoms with Crippen LogP contribution in [-0.2, 0) is 6.18 Å². The number of nitrogens with one attached hydrogen (secondary N) is 3. The first-order chi connectivity index (χ1) is 15.2. The summed E-state index contributed by atoms with van der Waals surface area (Å²) in [5.74, 6) is 1.22. The van der Waals surface area contributed by atoms with E-state index in [9.17, 15) is 18.0 Å². The van der Waals surface area contributed by atoms with E-state index in [1.54, 1.807) is 25.1 Å². The van der Waals surface area contributed by atoms with Gasteiger partial charge in [0.05, 0.1) is 28.4 Å². The molecule has 2 aliphatic rings. The van der Waals surface area contributed by atoms with Crippen LogP contribution in [0.25, 0.3) is 0 Å². The topological polar surface area (TPSA) is 65.6 Å². The molecule has 3 N–H and O–H groups in total. The highest BCUT2D eigenvalue weighted by Gasteiger charge is 2.33. The molecule has 166 valence electrons. The number of hydrogen-bond donors (Lipinski definition) is 3. The molecule has 4 rings (SSSR count). The van der Waals surface area contributed by atoms with Crippen molar-refractivity contribution in [1.29, 1.82) is 0 Å². The van der Waals surface area contributed by atoms with Crippen LogP contribution in [0.4, 0.5) is 29.3 Å². The van der Waals surface area contributed by atoms with Gasteiger partial charge in [-0.05, 0) is 55.0 Å². The monoisotopic (exact) mass is 480 g/mol. The molecule has 0 aromatic heterocycles. The Morgan fingerprint density at radius 3 is 2.75 bits per heavy atom. The second-order valence-electron chi connectivity index (χ2n) is 6.82. The van der Waals surface area contributed by atoms with Crippen LogP contribution in [0.2, 0.25) is 5.02 Å². The molecule has 2 aromatic rings. The highest BCUT2D eigenvalue weighted by atomic mass is 35.5. The number of allylic oxidation sites excluding steroid dienone is 2. The summed E-state index contributed by atoms with van der Waals surface area (Å²) < 4.78 is 49.8. The number of carbonyl (C=O) groups excluding carboxylic acids is 1. The first-order valence-electron chi connectivity index (χ1n) is 9.24. The normalized spacial score (nSPS) is 14.8. The van der Waals surface area contributed by atoms with Crippen LogP contribution in [0.5, 0.6) is 5.75 Å². The van der Waals surface area contributed by atoms with Gasteiger partial charge in [0.25, 0.3) is 0 Å². The maximum Gasteiger partial charge on any atom is 0.417 e. The zero-order valence-corrected chi connectivity index (χ0v) is 18.0. The number of carbonyl (C=O) groups is 1. The van der Waals surface area contributed by atoms with Crippen molar-refractivity contribution in [3.8, 4) is 5.75 Å². The molecule has 0 saturated heterocycles. The zero-order valence-electron chi connectivity index (χ0n) is 16.5. The average Bonchev–Trinajstić information content (AvgIpc) is 3.18. The molecule has 0 fully saturated rings. The number of fused-ring (bicyclic) bond motifs is 1. The number of ether oxygens (including phenoxy) is 1. The van der Waals surface area contributed by atoms with E-state index in [-0.39, 0.29) is 5.69 Å². The maximum atomic E-state index is 13.0. The highest BCUT2D eigenvalue weighted by molar-refractivity contribution is 7.95. The fraction of sp³-hybridized carbons (Fsp3) is 0.0952. The van der Waals surface area contributed by atoms with E-state index < -0.39 is 22.8 Å². The number of halogens is 4. The standard InChI is InChI=1S/C21H16ClF3N4O2S/c1-12-8-15(31-16-6-7-29-14(10-16)11-26-32-29)3-5-19(12)28-20(30)27-13-2-4-18(22)17(9-13)21(23,24)25/h2-11,26H,1H3,(H2,27,28,30). The van der Waals surface area contributed by atoms with Gasteiger partial charge in [0.15, 0.2) is 0 Å². The summed E-state index contributed by atoms with van der Waals surface area (Å²) in [6, 6.07) is 7.56. The summed E-state index contributed by atoms with van der Waals surface area (Å²) in [6.07, 6.45) is 2.81. The van der Waals surface area contributed by atoms with Crippen molar-refractivity contribution in [3.63, 3.8) is 0 Å². The lowest BCUT2D eigenvalue weighted by Gasteiger charge is -2.18. The lowest BCUT2D eigenvalue weighted by Crippen LogP contribution is -2.20. The van der Waals surface area contributed by atoms with E-state index >= 15 is 0 Å². The van der Waals surface area contributed by atoms with Gasteiger partial charge in [-0.2, -0.15) is 13.2 Å². The van der Waals surface area contributed by atoms with Crippen LogP contribution in [0, 0.1) is 6.92 Å². The Labute approximate surface area is 191 Å². The van der Waals surface area contributed by atoms with E-state index in [1.165, 1.54) is 18.2 Å². The minimum Gasteiger partial charge on any atom is -0.457 e. The van der Waals surface area contributed by atoms with Crippen molar-refractivity contribution in [3.05, 3.63) is 88.6 Å². The van der Waals surface area contributed by atoms with Gasteiger partial charge < -0.3 is 20.1 Å². The van der Waals surface area contributed by atoms with Gasteiger partial charge in [0, 0.05) is 29.9 Å². The van der Waals surface area contributed by atoms with Crippen molar-refractivity contribution < 1.29 is 22.7 Å². The number of rotatable bonds is 4. The molecule has 2 aliphatic heterocycles. The Hall–Kier alpha value is -3.24. The number of anilines is 2. The summed E-state index contributed by atoms with van der Waals surface area (Å²) in [4.78, 5) is 12.3. The van der Waals surface area contributed by atoms with E-state index in [2.05, 4.69) is 15.4 Å². The molecule has 0 aliphatic carbocycles. The van der Waals surface area contributed by atoms with Crippen LogP contribution >= 0.6 is 23.7 Å². The quantitative estimate of drug-likeness (QED) is 0.441. The van der Waals surface area contributed by atoms with E-state index in [4.69, 9.17) is 16.3 Å². The molecule has 0 radical (unpaired) electrons. The average molecular weight is 481 g/mol. The SMILES string of the molecule is Cc1cc(OC2=CC3=CNSN3C=C2)ccc1NC(=O)Nc1ccc(Cl)c(C(F)(F)F)c1. The molecule has 0 saturated carbocycles. The summed E-state index contributed by atoms with van der Waals surface area (Å²) in [7, 11) is 0. The number of nitrogens with zero attached hydrogens (tertiary/aromatic N) is 1. The summed E-state index contributed by atoms with van der Waals surface area (Å²) in [6.45, 7) is 1.78. The second kappa shape index (κ2) is 8.71. The largest absolute Gasteiger partial charge is 0.457 e. The molecule has 2 amide bonds. The molecule has 2 heterocycles. The van der Waals surface area contributed by atoms with E-state index in [0.29, 0.717) is 22.8 Å². The number of amides is 2. The molecule has 0 atom stereocenters. The van der Waals surface area contributed by atoms with Gasteiger partial charge in [0.2, 0.25) is 0 Å². The molecular weight excluding hydrogens is 465 g/mol. The fourth-order valence-corrected chi connectivity index (χ4v) is 3.81. The van der Waals surface area contributed by atoms with Crippen LogP contribution in [-0.4, -0.2) is 10.3 Å². The van der Waals surface area contributed by atoms with Crippen molar-refractivity contribution in [2.75, 3.05) is 10.6 Å². The zero-order chi connectivity index (χ0) is 22.9.